The zero-order valence-electron chi connectivity index (χ0n) is 13.0. The van der Waals surface area contributed by atoms with E-state index in [4.69, 9.17) is 5.73 Å². The van der Waals surface area contributed by atoms with Crippen molar-refractivity contribution in [3.05, 3.63) is 0 Å². The molecule has 3 N–H and O–H groups in total. The Labute approximate surface area is 127 Å². The van der Waals surface area contributed by atoms with Crippen LogP contribution in [0.15, 0.2) is 0 Å². The Morgan fingerprint density at radius 1 is 1.05 bits per heavy atom. The van der Waals surface area contributed by atoms with Gasteiger partial charge >= 0.3 is 0 Å². The Kier molecular flexibility index (Phi) is 6.49. The van der Waals surface area contributed by atoms with Crippen molar-refractivity contribution in [2.75, 3.05) is 19.6 Å². The van der Waals surface area contributed by atoms with Gasteiger partial charge in [0.1, 0.15) is 0 Å². The first-order valence-corrected chi connectivity index (χ1v) is 8.45. The first-order valence-electron chi connectivity index (χ1n) is 8.45. The van der Waals surface area contributed by atoms with Crippen LogP contribution in [0.5, 0.6) is 0 Å². The Balaban J connectivity index is 1.85. The van der Waals surface area contributed by atoms with Crippen LogP contribution in [0.4, 0.5) is 0 Å². The Morgan fingerprint density at radius 2 is 1.71 bits per heavy atom. The van der Waals surface area contributed by atoms with Gasteiger partial charge in [0, 0.05) is 12.5 Å². The summed E-state index contributed by atoms with van der Waals surface area (Å²) in [7, 11) is 0. The molecule has 0 atom stereocenters. The number of carbonyl (C=O) groups excluding carboxylic acids is 2. The molecule has 1 saturated carbocycles. The van der Waals surface area contributed by atoms with Crippen LogP contribution in [-0.2, 0) is 9.59 Å². The van der Waals surface area contributed by atoms with Gasteiger partial charge < -0.3 is 16.0 Å². The lowest BCUT2D eigenvalue weighted by molar-refractivity contribution is -0.138. The number of primary amides is 1. The number of nitrogens with two attached hydrogens (primary N) is 1. The zero-order chi connectivity index (χ0) is 15.1. The molecule has 120 valence electrons. The summed E-state index contributed by atoms with van der Waals surface area (Å²) in [6.07, 6.45) is 9.85. The van der Waals surface area contributed by atoms with E-state index in [-0.39, 0.29) is 18.5 Å². The first-order chi connectivity index (χ1) is 10.2. The normalized spacial score (nSPS) is 21.1. The van der Waals surface area contributed by atoms with Crippen LogP contribution in [-0.4, -0.2) is 42.4 Å². The van der Waals surface area contributed by atoms with Crippen molar-refractivity contribution in [2.24, 2.45) is 11.7 Å². The second-order valence-corrected chi connectivity index (χ2v) is 6.51. The quantitative estimate of drug-likeness (QED) is 0.778. The van der Waals surface area contributed by atoms with Crippen LogP contribution in [0.25, 0.3) is 0 Å². The van der Waals surface area contributed by atoms with E-state index in [1.807, 2.05) is 0 Å². The lowest BCUT2D eigenvalue weighted by Crippen LogP contribution is -2.49. The molecular weight excluding hydrogens is 266 g/mol. The average Bonchev–Trinajstić information content (AvgIpc) is 2.52. The van der Waals surface area contributed by atoms with Crippen molar-refractivity contribution in [3.63, 3.8) is 0 Å². The fourth-order valence-electron chi connectivity index (χ4n) is 3.65. The number of piperidine rings is 1. The van der Waals surface area contributed by atoms with E-state index in [1.54, 1.807) is 4.90 Å². The van der Waals surface area contributed by atoms with Gasteiger partial charge in [-0.15, -0.1) is 0 Å². The molecule has 5 nitrogen and oxygen atoms in total. The van der Waals surface area contributed by atoms with Gasteiger partial charge in [0.15, 0.2) is 0 Å². The number of rotatable bonds is 6. The summed E-state index contributed by atoms with van der Waals surface area (Å²) >= 11 is 0. The third-order valence-electron chi connectivity index (χ3n) is 4.89. The summed E-state index contributed by atoms with van der Waals surface area (Å²) < 4.78 is 0. The molecule has 5 heteroatoms. The van der Waals surface area contributed by atoms with E-state index in [0.717, 1.165) is 32.4 Å². The van der Waals surface area contributed by atoms with Crippen LogP contribution >= 0.6 is 0 Å². The van der Waals surface area contributed by atoms with Crippen LogP contribution in [0.1, 0.15) is 57.8 Å². The van der Waals surface area contributed by atoms with Gasteiger partial charge in [0.05, 0.1) is 6.54 Å². The van der Waals surface area contributed by atoms with E-state index in [0.29, 0.717) is 12.3 Å². The summed E-state index contributed by atoms with van der Waals surface area (Å²) in [6.45, 7) is 1.90. The number of nitrogens with zero attached hydrogens (tertiary/aromatic N) is 1. The van der Waals surface area contributed by atoms with Crippen molar-refractivity contribution >= 4 is 11.8 Å². The summed E-state index contributed by atoms with van der Waals surface area (Å²) in [6, 6.07) is 0.178. The molecule has 2 aliphatic rings. The maximum Gasteiger partial charge on any atom is 0.237 e. The maximum atomic E-state index is 12.5. The lowest BCUT2D eigenvalue weighted by Gasteiger charge is -2.34. The predicted octanol–water partition coefficient (Wildman–Crippen LogP) is 1.41. The Hall–Kier alpha value is -1.10. The molecule has 1 heterocycles. The van der Waals surface area contributed by atoms with Crippen molar-refractivity contribution in [2.45, 2.75) is 63.8 Å². The molecule has 1 aliphatic heterocycles. The molecule has 0 aromatic heterocycles. The fraction of sp³-hybridized carbons (Fsp3) is 0.875. The van der Waals surface area contributed by atoms with E-state index in [1.165, 1.54) is 32.1 Å². The SMILES string of the molecule is NC(=O)CN(C(=O)CCC1CCCCC1)C1CCNCC1. The minimum absolute atomic E-state index is 0.0775. The summed E-state index contributed by atoms with van der Waals surface area (Å²) in [5.41, 5.74) is 5.33. The molecule has 2 fully saturated rings. The van der Waals surface area contributed by atoms with Crippen LogP contribution in [0, 0.1) is 5.92 Å². The number of hydrogen-bond acceptors (Lipinski definition) is 3. The number of carbonyl (C=O) groups is 2. The molecule has 2 rings (SSSR count). The smallest absolute Gasteiger partial charge is 0.237 e. The molecule has 1 aliphatic carbocycles. The van der Waals surface area contributed by atoms with Gasteiger partial charge in [-0.25, -0.2) is 0 Å². The number of hydrogen-bond donors (Lipinski definition) is 2. The molecule has 0 spiro atoms. The summed E-state index contributed by atoms with van der Waals surface area (Å²) in [5, 5.41) is 3.29. The first kappa shape index (κ1) is 16.3. The van der Waals surface area contributed by atoms with E-state index in [9.17, 15) is 9.59 Å². The average molecular weight is 295 g/mol. The number of nitrogens with one attached hydrogen (secondary N) is 1. The van der Waals surface area contributed by atoms with Crippen LogP contribution in [0.3, 0.4) is 0 Å². The fourth-order valence-corrected chi connectivity index (χ4v) is 3.65. The predicted molar refractivity (Wildman–Crippen MR) is 82.6 cm³/mol. The second-order valence-electron chi connectivity index (χ2n) is 6.51. The van der Waals surface area contributed by atoms with Crippen LogP contribution < -0.4 is 11.1 Å². The van der Waals surface area contributed by atoms with Gasteiger partial charge in [-0.1, -0.05) is 32.1 Å². The number of amides is 2. The second kappa shape index (κ2) is 8.37. The molecule has 21 heavy (non-hydrogen) atoms. The monoisotopic (exact) mass is 295 g/mol. The largest absolute Gasteiger partial charge is 0.368 e. The van der Waals surface area contributed by atoms with Gasteiger partial charge in [0.2, 0.25) is 11.8 Å². The molecule has 0 unspecified atom stereocenters. The molecule has 0 bridgehead atoms. The van der Waals surface area contributed by atoms with Crippen molar-refractivity contribution in [3.8, 4) is 0 Å². The minimum atomic E-state index is -0.403. The van der Waals surface area contributed by atoms with Crippen molar-refractivity contribution in [1.82, 2.24) is 10.2 Å². The van der Waals surface area contributed by atoms with Gasteiger partial charge in [-0.2, -0.15) is 0 Å². The molecular formula is C16H29N3O2. The molecule has 0 aromatic rings. The highest BCUT2D eigenvalue weighted by Gasteiger charge is 2.27. The highest BCUT2D eigenvalue weighted by Crippen LogP contribution is 2.27. The molecule has 1 saturated heterocycles. The van der Waals surface area contributed by atoms with Gasteiger partial charge in [-0.05, 0) is 38.3 Å². The Morgan fingerprint density at radius 3 is 2.33 bits per heavy atom. The van der Waals surface area contributed by atoms with E-state index < -0.39 is 5.91 Å². The third-order valence-corrected chi connectivity index (χ3v) is 4.89. The van der Waals surface area contributed by atoms with E-state index in [2.05, 4.69) is 5.32 Å². The zero-order valence-corrected chi connectivity index (χ0v) is 13.0. The highest BCUT2D eigenvalue weighted by atomic mass is 16.2. The topological polar surface area (TPSA) is 75.4 Å². The third kappa shape index (κ3) is 5.30. The molecule has 0 aromatic carbocycles. The summed E-state index contributed by atoms with van der Waals surface area (Å²) in [4.78, 5) is 25.5. The van der Waals surface area contributed by atoms with Crippen LogP contribution in [0.2, 0.25) is 0 Å². The van der Waals surface area contributed by atoms with Crippen molar-refractivity contribution < 1.29 is 9.59 Å². The van der Waals surface area contributed by atoms with Gasteiger partial charge in [-0.3, -0.25) is 9.59 Å². The summed E-state index contributed by atoms with van der Waals surface area (Å²) in [5.74, 6) is 0.414. The minimum Gasteiger partial charge on any atom is -0.368 e. The molecule has 0 radical (unpaired) electrons. The molecule has 2 amide bonds. The van der Waals surface area contributed by atoms with E-state index >= 15 is 0 Å². The Bertz CT molecular complexity index is 347. The lowest BCUT2D eigenvalue weighted by atomic mass is 9.86. The van der Waals surface area contributed by atoms with Gasteiger partial charge in [0.25, 0.3) is 0 Å². The highest BCUT2D eigenvalue weighted by molar-refractivity contribution is 5.84. The maximum absolute atomic E-state index is 12.5. The standard InChI is InChI=1S/C16H29N3O2/c17-15(20)12-19(14-8-10-18-11-9-14)16(21)7-6-13-4-2-1-3-5-13/h13-14,18H,1-12H2,(H2,17,20). The van der Waals surface area contributed by atoms with Crippen molar-refractivity contribution in [1.29, 1.82) is 0 Å².